The van der Waals surface area contributed by atoms with Gasteiger partial charge in [-0.1, -0.05) is 0 Å². The molecule has 0 radical (unpaired) electrons. The van der Waals surface area contributed by atoms with Crippen molar-refractivity contribution in [3.05, 3.63) is 72.2 Å². The minimum Gasteiger partial charge on any atom is -0.496 e. The third-order valence-corrected chi connectivity index (χ3v) is 4.92. The lowest BCUT2D eigenvalue weighted by Crippen LogP contribution is -2.14. The third-order valence-electron chi connectivity index (χ3n) is 4.92. The zero-order valence-electron chi connectivity index (χ0n) is 18.4. The number of carbonyl (C=O) groups excluding carboxylic acids is 1. The highest BCUT2D eigenvalue weighted by atomic mass is 19.1. The molecule has 0 atom stereocenters. The Labute approximate surface area is 193 Å². The number of carbonyl (C=O) groups is 1. The predicted octanol–water partition coefficient (Wildman–Crippen LogP) is 4.98. The maximum Gasteiger partial charge on any atom is 0.261 e. The molecule has 2 aromatic carbocycles. The molecule has 0 unspecified atom stereocenters. The van der Waals surface area contributed by atoms with Gasteiger partial charge in [0.1, 0.15) is 11.5 Å². The van der Waals surface area contributed by atoms with Gasteiger partial charge in [0.2, 0.25) is 0 Å². The normalized spacial score (nSPS) is 10.6. The van der Waals surface area contributed by atoms with E-state index < -0.39 is 23.3 Å². The van der Waals surface area contributed by atoms with Crippen molar-refractivity contribution in [2.75, 3.05) is 26.6 Å². The lowest BCUT2D eigenvalue weighted by atomic mass is 10.1. The second kappa shape index (κ2) is 9.57. The number of fused-ring (bicyclic) bond motifs is 1. The Morgan fingerprint density at radius 2 is 1.50 bits per heavy atom. The molecular weight excluding hydrogens is 448 g/mol. The Kier molecular flexibility index (Phi) is 6.39. The van der Waals surface area contributed by atoms with Gasteiger partial charge in [0.05, 0.1) is 32.4 Å². The van der Waals surface area contributed by atoms with Crippen molar-refractivity contribution in [3.8, 4) is 28.7 Å². The number of amides is 1. The van der Waals surface area contributed by atoms with E-state index in [9.17, 15) is 13.6 Å². The van der Waals surface area contributed by atoms with Gasteiger partial charge in [0.15, 0.2) is 28.9 Å². The van der Waals surface area contributed by atoms with Crippen molar-refractivity contribution in [1.29, 1.82) is 0 Å². The van der Waals surface area contributed by atoms with Crippen LogP contribution < -0.4 is 24.3 Å². The number of aromatic nitrogens is 2. The second-order valence-corrected chi connectivity index (χ2v) is 6.93. The van der Waals surface area contributed by atoms with Crippen LogP contribution in [-0.4, -0.2) is 37.2 Å². The number of methoxy groups -OCH3 is 3. The van der Waals surface area contributed by atoms with Gasteiger partial charge in [-0.25, -0.2) is 8.78 Å². The largest absolute Gasteiger partial charge is 0.496 e. The number of anilines is 1. The molecule has 34 heavy (non-hydrogen) atoms. The number of ether oxygens (including phenoxy) is 4. The van der Waals surface area contributed by atoms with Gasteiger partial charge in [-0.15, -0.1) is 0 Å². The molecule has 8 nitrogen and oxygen atoms in total. The van der Waals surface area contributed by atoms with Crippen LogP contribution in [0.1, 0.15) is 10.4 Å². The Hall–Kier alpha value is -4.47. The maximum absolute atomic E-state index is 14.8. The summed E-state index contributed by atoms with van der Waals surface area (Å²) in [5.41, 5.74) is 0.480. The molecule has 0 saturated heterocycles. The molecule has 0 spiro atoms. The first-order chi connectivity index (χ1) is 16.4. The molecule has 0 aliphatic carbocycles. The van der Waals surface area contributed by atoms with E-state index in [1.807, 2.05) is 0 Å². The minimum absolute atomic E-state index is 0.107. The van der Waals surface area contributed by atoms with Crippen LogP contribution in [0, 0.1) is 11.6 Å². The molecule has 4 aromatic rings. The Bertz CT molecular complexity index is 1360. The van der Waals surface area contributed by atoms with Crippen LogP contribution in [0.3, 0.4) is 0 Å². The first-order valence-electron chi connectivity index (χ1n) is 9.92. The van der Waals surface area contributed by atoms with Crippen LogP contribution >= 0.6 is 0 Å². The fourth-order valence-electron chi connectivity index (χ4n) is 3.30. The summed E-state index contributed by atoms with van der Waals surface area (Å²) in [6.07, 6.45) is 4.18. The number of hydrogen-bond acceptors (Lipinski definition) is 7. The highest BCUT2D eigenvalue weighted by Crippen LogP contribution is 2.38. The number of rotatable bonds is 7. The molecule has 174 valence electrons. The van der Waals surface area contributed by atoms with E-state index >= 15 is 0 Å². The summed E-state index contributed by atoms with van der Waals surface area (Å²) < 4.78 is 50.9. The third kappa shape index (κ3) is 4.38. The Morgan fingerprint density at radius 3 is 2.18 bits per heavy atom. The van der Waals surface area contributed by atoms with Crippen LogP contribution in [0.5, 0.6) is 28.7 Å². The average Bonchev–Trinajstić information content (AvgIpc) is 2.85. The van der Waals surface area contributed by atoms with Crippen LogP contribution in [0.4, 0.5) is 14.5 Å². The molecule has 1 amide bonds. The monoisotopic (exact) mass is 467 g/mol. The van der Waals surface area contributed by atoms with Crippen molar-refractivity contribution < 1.29 is 32.5 Å². The quantitative estimate of drug-likeness (QED) is 0.410. The van der Waals surface area contributed by atoms with E-state index in [1.54, 1.807) is 12.1 Å². The summed E-state index contributed by atoms with van der Waals surface area (Å²) in [6.45, 7) is 0. The van der Waals surface area contributed by atoms with E-state index in [-0.39, 0.29) is 22.7 Å². The SMILES string of the molecule is COc1cc2nccc(Oc3c(F)cc(NC(=O)c4cnccc4OC)cc3F)c2cc1OC. The van der Waals surface area contributed by atoms with E-state index in [0.29, 0.717) is 22.4 Å². The van der Waals surface area contributed by atoms with E-state index in [2.05, 4.69) is 15.3 Å². The first-order valence-corrected chi connectivity index (χ1v) is 9.92. The van der Waals surface area contributed by atoms with Crippen molar-refractivity contribution >= 4 is 22.5 Å². The minimum atomic E-state index is -1.01. The molecule has 1 N–H and O–H groups in total. The molecule has 0 aliphatic rings. The fraction of sp³-hybridized carbons (Fsp3) is 0.125. The average molecular weight is 467 g/mol. The van der Waals surface area contributed by atoms with Gasteiger partial charge in [0.25, 0.3) is 5.91 Å². The Morgan fingerprint density at radius 1 is 0.853 bits per heavy atom. The number of nitrogens with zero attached hydrogens (tertiary/aromatic N) is 2. The second-order valence-electron chi connectivity index (χ2n) is 6.93. The van der Waals surface area contributed by atoms with E-state index in [1.165, 1.54) is 52.1 Å². The lowest BCUT2D eigenvalue weighted by Gasteiger charge is -2.14. The highest BCUT2D eigenvalue weighted by Gasteiger charge is 2.19. The predicted molar refractivity (Wildman–Crippen MR) is 120 cm³/mol. The number of pyridine rings is 2. The lowest BCUT2D eigenvalue weighted by molar-refractivity contribution is 0.102. The highest BCUT2D eigenvalue weighted by molar-refractivity contribution is 6.06. The molecule has 0 aliphatic heterocycles. The first kappa shape index (κ1) is 22.7. The number of halogens is 2. The van der Waals surface area contributed by atoms with E-state index in [4.69, 9.17) is 18.9 Å². The van der Waals surface area contributed by atoms with Crippen LogP contribution in [0.15, 0.2) is 55.0 Å². The molecule has 10 heteroatoms. The summed E-state index contributed by atoms with van der Waals surface area (Å²) in [5, 5.41) is 2.89. The summed E-state index contributed by atoms with van der Waals surface area (Å²) in [4.78, 5) is 20.6. The van der Waals surface area contributed by atoms with Crippen molar-refractivity contribution in [2.45, 2.75) is 0 Å². The van der Waals surface area contributed by atoms with Gasteiger partial charge in [-0.3, -0.25) is 14.8 Å². The Balaban J connectivity index is 1.64. The van der Waals surface area contributed by atoms with Gasteiger partial charge in [0, 0.05) is 47.9 Å². The summed E-state index contributed by atoms with van der Waals surface area (Å²) >= 11 is 0. The van der Waals surface area contributed by atoms with Crippen molar-refractivity contribution in [1.82, 2.24) is 9.97 Å². The fourth-order valence-corrected chi connectivity index (χ4v) is 3.30. The number of hydrogen-bond donors (Lipinski definition) is 1. The molecule has 2 heterocycles. The smallest absolute Gasteiger partial charge is 0.261 e. The molecule has 4 rings (SSSR count). The van der Waals surface area contributed by atoms with Crippen molar-refractivity contribution in [3.63, 3.8) is 0 Å². The zero-order chi connectivity index (χ0) is 24.2. The molecule has 2 aromatic heterocycles. The maximum atomic E-state index is 14.8. The molecule has 0 fully saturated rings. The van der Waals surface area contributed by atoms with Gasteiger partial charge in [-0.05, 0) is 18.2 Å². The topological polar surface area (TPSA) is 91.8 Å². The molecular formula is C24H19F2N3O5. The van der Waals surface area contributed by atoms with Gasteiger partial charge < -0.3 is 24.3 Å². The standard InChI is InChI=1S/C24H19F2N3O5/c1-31-19-4-6-27-12-15(19)24(30)29-13-8-16(25)23(17(26)9-13)34-20-5-7-28-18-11-22(33-3)21(32-2)10-14(18)20/h4-12H,1-3H3,(H,29,30). The van der Waals surface area contributed by atoms with Crippen LogP contribution in [-0.2, 0) is 0 Å². The summed E-state index contributed by atoms with van der Waals surface area (Å²) in [6, 6.07) is 8.09. The van der Waals surface area contributed by atoms with E-state index in [0.717, 1.165) is 12.1 Å². The van der Waals surface area contributed by atoms with Gasteiger partial charge >= 0.3 is 0 Å². The van der Waals surface area contributed by atoms with Crippen molar-refractivity contribution in [2.24, 2.45) is 0 Å². The summed E-state index contributed by atoms with van der Waals surface area (Å²) in [7, 11) is 4.35. The molecule has 0 bridgehead atoms. The zero-order valence-corrected chi connectivity index (χ0v) is 18.4. The summed E-state index contributed by atoms with van der Waals surface area (Å²) in [5.74, 6) is -2.04. The molecule has 0 saturated carbocycles. The van der Waals surface area contributed by atoms with Crippen LogP contribution in [0.2, 0.25) is 0 Å². The van der Waals surface area contributed by atoms with Crippen LogP contribution in [0.25, 0.3) is 10.9 Å². The van der Waals surface area contributed by atoms with Gasteiger partial charge in [-0.2, -0.15) is 0 Å². The number of nitrogens with one attached hydrogen (secondary N) is 1. The number of benzene rings is 2.